The average molecular weight is 435 g/mol. The van der Waals surface area contributed by atoms with E-state index in [0.717, 1.165) is 0 Å². The van der Waals surface area contributed by atoms with Crippen molar-refractivity contribution in [2.75, 3.05) is 24.9 Å². The molecule has 1 aromatic heterocycles. The topological polar surface area (TPSA) is 89.8 Å². The SMILES string of the molecule is COc1cc(NC(=O)c2cc(Cl)cc(Cl)c2OC)ccc1NC(=O)c1ccco1. The number of hydrogen-bond donors (Lipinski definition) is 2. The van der Waals surface area contributed by atoms with Crippen molar-refractivity contribution < 1.29 is 23.5 Å². The number of ether oxygens (including phenoxy) is 2. The number of anilines is 2. The zero-order valence-electron chi connectivity index (χ0n) is 15.4. The first-order valence-electron chi connectivity index (χ1n) is 8.30. The molecule has 1 heterocycles. The van der Waals surface area contributed by atoms with Crippen LogP contribution in [-0.4, -0.2) is 26.0 Å². The van der Waals surface area contributed by atoms with E-state index in [1.807, 2.05) is 0 Å². The van der Waals surface area contributed by atoms with Crippen LogP contribution in [0.2, 0.25) is 10.0 Å². The molecule has 2 aromatic carbocycles. The summed E-state index contributed by atoms with van der Waals surface area (Å²) in [4.78, 5) is 24.8. The highest BCUT2D eigenvalue weighted by molar-refractivity contribution is 6.36. The minimum Gasteiger partial charge on any atom is -0.494 e. The molecule has 3 rings (SSSR count). The van der Waals surface area contributed by atoms with Crippen molar-refractivity contribution in [1.82, 2.24) is 0 Å². The number of amides is 2. The molecule has 150 valence electrons. The summed E-state index contributed by atoms with van der Waals surface area (Å²) in [5.74, 6) is -0.180. The number of nitrogens with one attached hydrogen (secondary N) is 2. The molecular formula is C20H16Cl2N2O5. The monoisotopic (exact) mass is 434 g/mol. The molecule has 0 radical (unpaired) electrons. The van der Waals surface area contributed by atoms with Gasteiger partial charge in [0, 0.05) is 16.8 Å². The van der Waals surface area contributed by atoms with Gasteiger partial charge in [-0.1, -0.05) is 23.2 Å². The Bertz CT molecular complexity index is 1050. The molecule has 2 N–H and O–H groups in total. The number of halogens is 2. The Labute approximate surface area is 176 Å². The predicted octanol–water partition coefficient (Wildman–Crippen LogP) is 5.11. The molecule has 2 amide bonds. The number of methoxy groups -OCH3 is 2. The van der Waals surface area contributed by atoms with Crippen molar-refractivity contribution in [3.63, 3.8) is 0 Å². The second kappa shape index (κ2) is 8.89. The summed E-state index contributed by atoms with van der Waals surface area (Å²) >= 11 is 12.1. The number of hydrogen-bond acceptors (Lipinski definition) is 5. The zero-order valence-corrected chi connectivity index (χ0v) is 16.9. The predicted molar refractivity (Wildman–Crippen MR) is 111 cm³/mol. The van der Waals surface area contributed by atoms with E-state index in [1.54, 1.807) is 30.3 Å². The maximum Gasteiger partial charge on any atom is 0.291 e. The van der Waals surface area contributed by atoms with Crippen molar-refractivity contribution in [3.8, 4) is 11.5 Å². The van der Waals surface area contributed by atoms with E-state index in [4.69, 9.17) is 37.1 Å². The van der Waals surface area contributed by atoms with Crippen LogP contribution in [0.1, 0.15) is 20.9 Å². The molecule has 0 fully saturated rings. The van der Waals surface area contributed by atoms with Crippen molar-refractivity contribution in [1.29, 1.82) is 0 Å². The van der Waals surface area contributed by atoms with E-state index >= 15 is 0 Å². The standard InChI is InChI=1S/C20H16Cl2N2O5/c1-27-17-10-12(5-6-15(17)24-20(26)16-4-3-7-29-16)23-19(25)13-8-11(21)9-14(22)18(13)28-2/h3-10H,1-2H3,(H,23,25)(H,24,26). The van der Waals surface area contributed by atoms with Gasteiger partial charge in [0.05, 0.1) is 36.8 Å². The first-order valence-corrected chi connectivity index (χ1v) is 9.05. The summed E-state index contributed by atoms with van der Waals surface area (Å²) in [6.07, 6.45) is 1.40. The molecule has 7 nitrogen and oxygen atoms in total. The molecular weight excluding hydrogens is 419 g/mol. The van der Waals surface area contributed by atoms with Crippen LogP contribution in [-0.2, 0) is 0 Å². The average Bonchev–Trinajstić information content (AvgIpc) is 3.23. The normalized spacial score (nSPS) is 10.3. The second-order valence-corrected chi connectivity index (χ2v) is 6.61. The van der Waals surface area contributed by atoms with Crippen LogP contribution >= 0.6 is 23.2 Å². The van der Waals surface area contributed by atoms with Crippen LogP contribution in [0.25, 0.3) is 0 Å². The van der Waals surface area contributed by atoms with Crippen LogP contribution in [0.4, 0.5) is 11.4 Å². The summed E-state index contributed by atoms with van der Waals surface area (Å²) in [5.41, 5.74) is 1.02. The summed E-state index contributed by atoms with van der Waals surface area (Å²) in [7, 11) is 2.86. The molecule has 0 saturated carbocycles. The summed E-state index contributed by atoms with van der Waals surface area (Å²) in [6.45, 7) is 0. The first kappa shape index (κ1) is 20.6. The fourth-order valence-electron chi connectivity index (χ4n) is 2.60. The third kappa shape index (κ3) is 4.64. The summed E-state index contributed by atoms with van der Waals surface area (Å²) in [6, 6.07) is 10.9. The van der Waals surface area contributed by atoms with E-state index in [1.165, 1.54) is 32.6 Å². The van der Waals surface area contributed by atoms with Gasteiger partial charge in [-0.05, 0) is 36.4 Å². The third-order valence-electron chi connectivity index (χ3n) is 3.91. The van der Waals surface area contributed by atoms with Crippen LogP contribution in [0.15, 0.2) is 53.1 Å². The minimum absolute atomic E-state index is 0.161. The Morgan fingerprint density at radius 3 is 2.41 bits per heavy atom. The van der Waals surface area contributed by atoms with Crippen molar-refractivity contribution >= 4 is 46.4 Å². The molecule has 9 heteroatoms. The fourth-order valence-corrected chi connectivity index (χ4v) is 3.17. The third-order valence-corrected chi connectivity index (χ3v) is 4.41. The van der Waals surface area contributed by atoms with Crippen LogP contribution in [0, 0.1) is 0 Å². The lowest BCUT2D eigenvalue weighted by Gasteiger charge is -2.14. The summed E-state index contributed by atoms with van der Waals surface area (Å²) < 4.78 is 15.6. The number of furan rings is 1. The van der Waals surface area contributed by atoms with Gasteiger partial charge in [0.25, 0.3) is 11.8 Å². The molecule has 29 heavy (non-hydrogen) atoms. The van der Waals surface area contributed by atoms with Gasteiger partial charge < -0.3 is 24.5 Å². The molecule has 0 spiro atoms. The smallest absolute Gasteiger partial charge is 0.291 e. The van der Waals surface area contributed by atoms with E-state index in [9.17, 15) is 9.59 Å². The molecule has 0 aliphatic rings. The van der Waals surface area contributed by atoms with Crippen LogP contribution in [0.5, 0.6) is 11.5 Å². The van der Waals surface area contributed by atoms with Crippen molar-refractivity contribution in [3.05, 3.63) is 70.1 Å². The van der Waals surface area contributed by atoms with Crippen LogP contribution < -0.4 is 20.1 Å². The van der Waals surface area contributed by atoms with Crippen LogP contribution in [0.3, 0.4) is 0 Å². The number of carbonyl (C=O) groups excluding carboxylic acids is 2. The van der Waals surface area contributed by atoms with Gasteiger partial charge >= 0.3 is 0 Å². The molecule has 0 bridgehead atoms. The Kier molecular flexibility index (Phi) is 6.31. The van der Waals surface area contributed by atoms with Gasteiger partial charge in [0.2, 0.25) is 0 Å². The lowest BCUT2D eigenvalue weighted by Crippen LogP contribution is -2.14. The highest BCUT2D eigenvalue weighted by atomic mass is 35.5. The molecule has 0 aliphatic heterocycles. The summed E-state index contributed by atoms with van der Waals surface area (Å²) in [5, 5.41) is 5.93. The van der Waals surface area contributed by atoms with Crippen molar-refractivity contribution in [2.45, 2.75) is 0 Å². The first-order chi connectivity index (χ1) is 13.9. The Morgan fingerprint density at radius 1 is 0.966 bits per heavy atom. The van der Waals surface area contributed by atoms with E-state index in [-0.39, 0.29) is 22.1 Å². The molecule has 0 aliphatic carbocycles. The van der Waals surface area contributed by atoms with E-state index in [2.05, 4.69) is 10.6 Å². The largest absolute Gasteiger partial charge is 0.494 e. The van der Waals surface area contributed by atoms with Gasteiger partial charge in [-0.2, -0.15) is 0 Å². The lowest BCUT2D eigenvalue weighted by molar-refractivity contribution is 0.0993. The quantitative estimate of drug-likeness (QED) is 0.562. The fraction of sp³-hybridized carbons (Fsp3) is 0.100. The highest BCUT2D eigenvalue weighted by Crippen LogP contribution is 2.33. The number of carbonyl (C=O) groups is 2. The second-order valence-electron chi connectivity index (χ2n) is 5.77. The Hall–Kier alpha value is -3.16. The molecule has 0 saturated heterocycles. The molecule has 0 atom stereocenters. The van der Waals surface area contributed by atoms with Gasteiger partial charge in [-0.25, -0.2) is 0 Å². The Balaban J connectivity index is 1.82. The van der Waals surface area contributed by atoms with E-state index < -0.39 is 11.8 Å². The maximum atomic E-state index is 12.7. The zero-order chi connectivity index (χ0) is 21.0. The minimum atomic E-state index is -0.472. The molecule has 0 unspecified atom stereocenters. The Morgan fingerprint density at radius 2 is 1.76 bits per heavy atom. The van der Waals surface area contributed by atoms with Gasteiger partial charge in [-0.15, -0.1) is 0 Å². The molecule has 3 aromatic rings. The van der Waals surface area contributed by atoms with E-state index in [0.29, 0.717) is 22.1 Å². The number of rotatable bonds is 6. The number of benzene rings is 2. The van der Waals surface area contributed by atoms with Gasteiger partial charge in [0.15, 0.2) is 5.76 Å². The van der Waals surface area contributed by atoms with Gasteiger partial charge in [0.1, 0.15) is 11.5 Å². The van der Waals surface area contributed by atoms with Crippen molar-refractivity contribution in [2.24, 2.45) is 0 Å². The highest BCUT2D eigenvalue weighted by Gasteiger charge is 2.18. The van der Waals surface area contributed by atoms with Gasteiger partial charge in [-0.3, -0.25) is 9.59 Å². The maximum absolute atomic E-state index is 12.7. The lowest BCUT2D eigenvalue weighted by atomic mass is 10.1.